The van der Waals surface area contributed by atoms with Crippen LogP contribution in [0.1, 0.15) is 36.0 Å². The van der Waals surface area contributed by atoms with Gasteiger partial charge in [0.05, 0.1) is 5.69 Å². The van der Waals surface area contributed by atoms with Crippen LogP contribution in [0.2, 0.25) is 0 Å². The van der Waals surface area contributed by atoms with Crippen molar-refractivity contribution >= 4 is 35.4 Å². The van der Waals surface area contributed by atoms with Crippen molar-refractivity contribution in [3.63, 3.8) is 0 Å². The number of nitrogens with two attached hydrogens (primary N) is 2. The number of benzene rings is 1. The van der Waals surface area contributed by atoms with Crippen LogP contribution in [0.15, 0.2) is 35.6 Å². The van der Waals surface area contributed by atoms with E-state index in [2.05, 4.69) is 36.7 Å². The van der Waals surface area contributed by atoms with Gasteiger partial charge in [0.25, 0.3) is 5.91 Å². The highest BCUT2D eigenvalue weighted by Crippen LogP contribution is 2.25. The molecule has 0 radical (unpaired) electrons. The predicted octanol–water partition coefficient (Wildman–Crippen LogP) is 0.773. The van der Waals surface area contributed by atoms with Gasteiger partial charge in [-0.3, -0.25) is 10.2 Å². The molecular formula is C18H24N10O. The van der Waals surface area contributed by atoms with E-state index in [1.165, 1.54) is 12.5 Å². The molecule has 152 valence electrons. The van der Waals surface area contributed by atoms with E-state index in [1.807, 2.05) is 24.3 Å². The number of rotatable bonds is 6. The van der Waals surface area contributed by atoms with Crippen molar-refractivity contribution < 1.29 is 4.79 Å². The summed E-state index contributed by atoms with van der Waals surface area (Å²) in [4.78, 5) is 20.6. The van der Waals surface area contributed by atoms with E-state index in [0.717, 1.165) is 37.1 Å². The van der Waals surface area contributed by atoms with Crippen molar-refractivity contribution in [2.75, 3.05) is 15.8 Å². The van der Waals surface area contributed by atoms with Crippen LogP contribution in [-0.2, 0) is 0 Å². The minimum absolute atomic E-state index is 0.0546. The monoisotopic (exact) mass is 396 g/mol. The number of hydrazone groups is 1. The maximum absolute atomic E-state index is 11.9. The van der Waals surface area contributed by atoms with Crippen LogP contribution in [0.4, 0.5) is 23.1 Å². The quantitative estimate of drug-likeness (QED) is 0.415. The van der Waals surface area contributed by atoms with Crippen molar-refractivity contribution in [1.82, 2.24) is 20.9 Å². The Kier molecular flexibility index (Phi) is 5.29. The SMILES string of the molecule is NC(=O)c1cnc(N[C@@H]2CCCC[C@@H]2N)nc1Nc1cccc(N2NC=NN2)c1. The molecule has 1 aromatic heterocycles. The maximum atomic E-state index is 11.9. The summed E-state index contributed by atoms with van der Waals surface area (Å²) in [5.74, 6) is 0.128. The zero-order chi connectivity index (χ0) is 20.2. The molecule has 0 saturated heterocycles. The molecule has 1 saturated carbocycles. The molecule has 0 bridgehead atoms. The summed E-state index contributed by atoms with van der Waals surface area (Å²) in [6.45, 7) is 0. The van der Waals surface area contributed by atoms with Crippen molar-refractivity contribution in [3.05, 3.63) is 36.0 Å². The molecule has 2 aliphatic rings. The molecular weight excluding hydrogens is 372 g/mol. The van der Waals surface area contributed by atoms with Crippen molar-refractivity contribution in [2.24, 2.45) is 16.6 Å². The molecule has 2 heterocycles. The third kappa shape index (κ3) is 4.29. The first-order chi connectivity index (χ1) is 14.1. The number of anilines is 4. The summed E-state index contributed by atoms with van der Waals surface area (Å²) >= 11 is 0. The summed E-state index contributed by atoms with van der Waals surface area (Å²) in [6, 6.07) is 7.64. The van der Waals surface area contributed by atoms with E-state index < -0.39 is 5.91 Å². The summed E-state index contributed by atoms with van der Waals surface area (Å²) in [7, 11) is 0. The second kappa shape index (κ2) is 8.19. The number of carbonyl (C=O) groups excluding carboxylic acids is 1. The van der Waals surface area contributed by atoms with Crippen molar-refractivity contribution in [2.45, 2.75) is 37.8 Å². The maximum Gasteiger partial charge on any atom is 0.254 e. The number of amides is 1. The lowest BCUT2D eigenvalue weighted by molar-refractivity contribution is 0.100. The Morgan fingerprint density at radius 2 is 2.14 bits per heavy atom. The number of aromatic nitrogens is 2. The molecule has 11 heteroatoms. The lowest BCUT2D eigenvalue weighted by Crippen LogP contribution is -2.43. The number of hydrogen-bond acceptors (Lipinski definition) is 10. The number of primary amides is 1. The Balaban J connectivity index is 1.56. The molecule has 1 fully saturated rings. The second-order valence-corrected chi connectivity index (χ2v) is 7.02. The molecule has 0 spiro atoms. The highest BCUT2D eigenvalue weighted by molar-refractivity contribution is 5.98. The van der Waals surface area contributed by atoms with Crippen LogP contribution in [0.3, 0.4) is 0 Å². The van der Waals surface area contributed by atoms with Gasteiger partial charge < -0.3 is 22.1 Å². The zero-order valence-corrected chi connectivity index (χ0v) is 15.8. The van der Waals surface area contributed by atoms with Gasteiger partial charge in [0, 0.05) is 24.0 Å². The summed E-state index contributed by atoms with van der Waals surface area (Å²) in [6.07, 6.45) is 7.14. The molecule has 11 nitrogen and oxygen atoms in total. The summed E-state index contributed by atoms with van der Waals surface area (Å²) in [5.41, 5.74) is 19.2. The van der Waals surface area contributed by atoms with Gasteiger partial charge in [0.2, 0.25) is 5.95 Å². The third-order valence-electron chi connectivity index (χ3n) is 4.96. The summed E-state index contributed by atoms with van der Waals surface area (Å²) in [5, 5.41) is 12.0. The number of hydrogen-bond donors (Lipinski definition) is 6. The molecule has 0 unspecified atom stereocenters. The van der Waals surface area contributed by atoms with Gasteiger partial charge in [0.1, 0.15) is 17.7 Å². The minimum Gasteiger partial charge on any atom is -0.365 e. The number of nitrogens with one attached hydrogen (secondary N) is 4. The fourth-order valence-electron chi connectivity index (χ4n) is 3.43. The van der Waals surface area contributed by atoms with Crippen LogP contribution < -0.4 is 38.2 Å². The Morgan fingerprint density at radius 1 is 1.28 bits per heavy atom. The molecule has 29 heavy (non-hydrogen) atoms. The topological polar surface area (TPSA) is 159 Å². The van der Waals surface area contributed by atoms with Gasteiger partial charge >= 0.3 is 0 Å². The first-order valence-electron chi connectivity index (χ1n) is 9.50. The molecule has 1 aliphatic heterocycles. The second-order valence-electron chi connectivity index (χ2n) is 7.02. The third-order valence-corrected chi connectivity index (χ3v) is 4.96. The van der Waals surface area contributed by atoms with Crippen LogP contribution >= 0.6 is 0 Å². The van der Waals surface area contributed by atoms with Gasteiger partial charge in [-0.2, -0.15) is 15.6 Å². The molecule has 1 aliphatic carbocycles. The highest BCUT2D eigenvalue weighted by Gasteiger charge is 2.23. The smallest absolute Gasteiger partial charge is 0.254 e. The molecule has 1 amide bonds. The Bertz CT molecular complexity index is 909. The fourth-order valence-corrected chi connectivity index (χ4v) is 3.43. The highest BCUT2D eigenvalue weighted by atomic mass is 16.1. The molecule has 1 aromatic carbocycles. The van der Waals surface area contributed by atoms with Crippen LogP contribution in [0.5, 0.6) is 0 Å². The van der Waals surface area contributed by atoms with E-state index in [1.54, 1.807) is 5.12 Å². The molecule has 2 atom stereocenters. The predicted molar refractivity (Wildman–Crippen MR) is 111 cm³/mol. The zero-order valence-electron chi connectivity index (χ0n) is 15.8. The first-order valence-corrected chi connectivity index (χ1v) is 9.50. The van der Waals surface area contributed by atoms with Crippen molar-refractivity contribution in [3.8, 4) is 0 Å². The van der Waals surface area contributed by atoms with Crippen molar-refractivity contribution in [1.29, 1.82) is 0 Å². The number of nitrogens with zero attached hydrogens (tertiary/aromatic N) is 4. The average molecular weight is 396 g/mol. The molecule has 4 rings (SSSR count). The Morgan fingerprint density at radius 3 is 2.90 bits per heavy atom. The van der Waals surface area contributed by atoms with E-state index in [0.29, 0.717) is 11.8 Å². The Labute approximate surface area is 167 Å². The van der Waals surface area contributed by atoms with E-state index in [-0.39, 0.29) is 17.6 Å². The lowest BCUT2D eigenvalue weighted by atomic mass is 9.91. The van der Waals surface area contributed by atoms with Crippen LogP contribution in [0, 0.1) is 0 Å². The van der Waals surface area contributed by atoms with Gasteiger partial charge in [-0.25, -0.2) is 4.98 Å². The fraction of sp³-hybridized carbons (Fsp3) is 0.333. The normalized spacial score (nSPS) is 20.7. The van der Waals surface area contributed by atoms with Crippen LogP contribution in [0.25, 0.3) is 0 Å². The average Bonchev–Trinajstić information content (AvgIpc) is 3.25. The van der Waals surface area contributed by atoms with E-state index in [4.69, 9.17) is 11.5 Å². The molecule has 8 N–H and O–H groups in total. The minimum atomic E-state index is -0.610. The number of carbonyl (C=O) groups is 1. The molecule has 2 aromatic rings. The van der Waals surface area contributed by atoms with Gasteiger partial charge in [-0.15, -0.1) is 5.10 Å². The van der Waals surface area contributed by atoms with E-state index in [9.17, 15) is 4.79 Å². The largest absolute Gasteiger partial charge is 0.365 e. The van der Waals surface area contributed by atoms with Gasteiger partial charge in [-0.05, 0) is 31.0 Å². The summed E-state index contributed by atoms with van der Waals surface area (Å²) < 4.78 is 0. The van der Waals surface area contributed by atoms with E-state index >= 15 is 0 Å². The first kappa shape index (κ1) is 18.7. The number of hydrazine groups is 2. The standard InChI is InChI=1S/C18H24N10O/c19-14-6-1-2-7-15(14)25-18-21-9-13(16(20)29)17(26-18)24-11-4-3-5-12(8-11)28-23-10-22-27-28/h3-5,8-10,14-15,27H,1-2,6-7,19H2,(H2,20,29)(H,22,23)(H2,21,24,25,26)/t14-,15+/m0/s1. The Hall–Kier alpha value is -3.60. The van der Waals surface area contributed by atoms with Gasteiger partial charge in [-0.1, -0.05) is 18.9 Å². The van der Waals surface area contributed by atoms with Crippen LogP contribution in [-0.4, -0.2) is 34.3 Å². The van der Waals surface area contributed by atoms with Gasteiger partial charge in [0.15, 0.2) is 0 Å². The lowest BCUT2D eigenvalue weighted by Gasteiger charge is -2.29.